The SMILES string of the molecule is COc1cccc(C=NOCc2ccccc2OC)c1. The van der Waals surface area contributed by atoms with E-state index in [4.69, 9.17) is 14.3 Å². The molecule has 20 heavy (non-hydrogen) atoms. The highest BCUT2D eigenvalue weighted by Crippen LogP contribution is 2.18. The molecule has 0 atom stereocenters. The molecule has 0 saturated carbocycles. The van der Waals surface area contributed by atoms with Crippen molar-refractivity contribution in [1.82, 2.24) is 0 Å². The van der Waals surface area contributed by atoms with Gasteiger partial charge in [-0.2, -0.15) is 0 Å². The number of methoxy groups -OCH3 is 2. The maximum absolute atomic E-state index is 5.29. The number of ether oxygens (including phenoxy) is 2. The average Bonchev–Trinajstić information content (AvgIpc) is 2.52. The standard InChI is InChI=1S/C16H17NO3/c1-18-15-8-5-6-13(10-15)11-17-20-12-14-7-3-4-9-16(14)19-2/h3-11H,12H2,1-2H3. The van der Waals surface area contributed by atoms with Crippen LogP contribution < -0.4 is 9.47 Å². The summed E-state index contributed by atoms with van der Waals surface area (Å²) in [5, 5.41) is 3.95. The quantitative estimate of drug-likeness (QED) is 0.598. The van der Waals surface area contributed by atoms with Crippen LogP contribution in [-0.4, -0.2) is 20.4 Å². The fourth-order valence-electron chi connectivity index (χ4n) is 1.75. The van der Waals surface area contributed by atoms with E-state index in [-0.39, 0.29) is 0 Å². The zero-order valence-corrected chi connectivity index (χ0v) is 11.6. The summed E-state index contributed by atoms with van der Waals surface area (Å²) in [6.07, 6.45) is 1.65. The van der Waals surface area contributed by atoms with Crippen molar-refractivity contribution in [1.29, 1.82) is 0 Å². The fraction of sp³-hybridized carbons (Fsp3) is 0.188. The number of benzene rings is 2. The van der Waals surface area contributed by atoms with E-state index >= 15 is 0 Å². The smallest absolute Gasteiger partial charge is 0.145 e. The van der Waals surface area contributed by atoms with Crippen LogP contribution in [0.5, 0.6) is 11.5 Å². The maximum Gasteiger partial charge on any atom is 0.145 e. The van der Waals surface area contributed by atoms with Crippen LogP contribution in [-0.2, 0) is 11.4 Å². The molecule has 0 N–H and O–H groups in total. The van der Waals surface area contributed by atoms with Gasteiger partial charge in [0, 0.05) is 5.56 Å². The third kappa shape index (κ3) is 3.75. The molecule has 0 aromatic heterocycles. The summed E-state index contributed by atoms with van der Waals surface area (Å²) in [6, 6.07) is 15.3. The van der Waals surface area contributed by atoms with Gasteiger partial charge >= 0.3 is 0 Å². The van der Waals surface area contributed by atoms with Gasteiger partial charge in [-0.1, -0.05) is 35.5 Å². The Kier molecular flexibility index (Phi) is 5.00. The largest absolute Gasteiger partial charge is 0.497 e. The predicted octanol–water partition coefficient (Wildman–Crippen LogP) is 3.25. The molecule has 0 heterocycles. The van der Waals surface area contributed by atoms with Crippen molar-refractivity contribution in [2.75, 3.05) is 14.2 Å². The van der Waals surface area contributed by atoms with Crippen molar-refractivity contribution in [3.63, 3.8) is 0 Å². The Morgan fingerprint density at radius 3 is 2.65 bits per heavy atom. The first-order valence-electron chi connectivity index (χ1n) is 6.25. The molecular formula is C16H17NO3. The van der Waals surface area contributed by atoms with Crippen molar-refractivity contribution in [3.8, 4) is 11.5 Å². The van der Waals surface area contributed by atoms with Gasteiger partial charge in [-0.05, 0) is 23.8 Å². The van der Waals surface area contributed by atoms with Crippen LogP contribution >= 0.6 is 0 Å². The van der Waals surface area contributed by atoms with Gasteiger partial charge in [0.1, 0.15) is 18.1 Å². The van der Waals surface area contributed by atoms with Crippen LogP contribution in [0.4, 0.5) is 0 Å². The molecule has 4 heteroatoms. The van der Waals surface area contributed by atoms with E-state index in [9.17, 15) is 0 Å². The lowest BCUT2D eigenvalue weighted by molar-refractivity contribution is 0.130. The van der Waals surface area contributed by atoms with E-state index in [0.717, 1.165) is 22.6 Å². The third-order valence-corrected chi connectivity index (χ3v) is 2.78. The summed E-state index contributed by atoms with van der Waals surface area (Å²) in [5.74, 6) is 1.59. The molecule has 0 fully saturated rings. The molecule has 2 aromatic carbocycles. The summed E-state index contributed by atoms with van der Waals surface area (Å²) in [7, 11) is 3.27. The van der Waals surface area contributed by atoms with Crippen molar-refractivity contribution in [2.24, 2.45) is 5.16 Å². The van der Waals surface area contributed by atoms with Crippen LogP contribution in [0, 0.1) is 0 Å². The van der Waals surface area contributed by atoms with E-state index in [2.05, 4.69) is 5.16 Å². The highest BCUT2D eigenvalue weighted by atomic mass is 16.6. The number of hydrogen-bond acceptors (Lipinski definition) is 4. The van der Waals surface area contributed by atoms with Gasteiger partial charge in [-0.3, -0.25) is 0 Å². The lowest BCUT2D eigenvalue weighted by atomic mass is 10.2. The van der Waals surface area contributed by atoms with Crippen LogP contribution in [0.3, 0.4) is 0 Å². The van der Waals surface area contributed by atoms with Crippen LogP contribution in [0.2, 0.25) is 0 Å². The Morgan fingerprint density at radius 2 is 1.85 bits per heavy atom. The summed E-state index contributed by atoms with van der Waals surface area (Å²) < 4.78 is 10.4. The molecule has 0 aliphatic rings. The first-order chi connectivity index (χ1) is 9.83. The Labute approximate surface area is 118 Å². The van der Waals surface area contributed by atoms with E-state index < -0.39 is 0 Å². The van der Waals surface area contributed by atoms with Gasteiger partial charge in [0.05, 0.1) is 20.4 Å². The van der Waals surface area contributed by atoms with Crippen LogP contribution in [0.25, 0.3) is 0 Å². The Bertz CT molecular complexity index is 581. The second kappa shape index (κ2) is 7.19. The second-order valence-corrected chi connectivity index (χ2v) is 4.10. The molecule has 0 aliphatic carbocycles. The summed E-state index contributed by atoms with van der Waals surface area (Å²) in [6.45, 7) is 0.366. The van der Waals surface area contributed by atoms with Gasteiger partial charge in [0.15, 0.2) is 0 Å². The molecule has 0 spiro atoms. The summed E-state index contributed by atoms with van der Waals surface area (Å²) in [4.78, 5) is 5.29. The number of oxime groups is 1. The first-order valence-corrected chi connectivity index (χ1v) is 6.25. The average molecular weight is 271 g/mol. The predicted molar refractivity (Wildman–Crippen MR) is 78.4 cm³/mol. The molecule has 0 saturated heterocycles. The maximum atomic E-state index is 5.29. The van der Waals surface area contributed by atoms with E-state index in [1.54, 1.807) is 20.4 Å². The lowest BCUT2D eigenvalue weighted by Gasteiger charge is -2.06. The normalized spacial score (nSPS) is 10.5. The van der Waals surface area contributed by atoms with Crippen LogP contribution in [0.1, 0.15) is 11.1 Å². The molecule has 2 aromatic rings. The van der Waals surface area contributed by atoms with Crippen molar-refractivity contribution in [3.05, 3.63) is 59.7 Å². The monoisotopic (exact) mass is 271 g/mol. The molecule has 0 aliphatic heterocycles. The summed E-state index contributed by atoms with van der Waals surface area (Å²) in [5.41, 5.74) is 1.88. The summed E-state index contributed by atoms with van der Waals surface area (Å²) >= 11 is 0. The van der Waals surface area contributed by atoms with Gasteiger partial charge in [-0.25, -0.2) is 0 Å². The Morgan fingerprint density at radius 1 is 1.00 bits per heavy atom. The zero-order valence-electron chi connectivity index (χ0n) is 11.6. The second-order valence-electron chi connectivity index (χ2n) is 4.10. The number of hydrogen-bond donors (Lipinski definition) is 0. The Hall–Kier alpha value is -2.49. The zero-order chi connectivity index (χ0) is 14.2. The minimum absolute atomic E-state index is 0.366. The van der Waals surface area contributed by atoms with Crippen molar-refractivity contribution >= 4 is 6.21 Å². The van der Waals surface area contributed by atoms with Crippen molar-refractivity contribution in [2.45, 2.75) is 6.61 Å². The number of nitrogens with zero attached hydrogens (tertiary/aromatic N) is 1. The van der Waals surface area contributed by atoms with E-state index in [1.165, 1.54) is 0 Å². The molecule has 2 rings (SSSR count). The number of para-hydroxylation sites is 1. The lowest BCUT2D eigenvalue weighted by Crippen LogP contribution is -1.93. The number of rotatable bonds is 6. The topological polar surface area (TPSA) is 40.0 Å². The Balaban J connectivity index is 1.93. The molecule has 104 valence electrons. The molecular weight excluding hydrogens is 254 g/mol. The van der Waals surface area contributed by atoms with Gasteiger partial charge in [-0.15, -0.1) is 0 Å². The highest BCUT2D eigenvalue weighted by molar-refractivity contribution is 5.79. The minimum Gasteiger partial charge on any atom is -0.497 e. The highest BCUT2D eigenvalue weighted by Gasteiger charge is 2.00. The van der Waals surface area contributed by atoms with E-state index in [0.29, 0.717) is 6.61 Å². The fourth-order valence-corrected chi connectivity index (χ4v) is 1.75. The van der Waals surface area contributed by atoms with Gasteiger partial charge in [0.2, 0.25) is 0 Å². The molecule has 0 radical (unpaired) electrons. The molecule has 4 nitrogen and oxygen atoms in total. The molecule has 0 unspecified atom stereocenters. The van der Waals surface area contributed by atoms with Gasteiger partial charge < -0.3 is 14.3 Å². The van der Waals surface area contributed by atoms with Gasteiger partial charge in [0.25, 0.3) is 0 Å². The van der Waals surface area contributed by atoms with Crippen LogP contribution in [0.15, 0.2) is 53.7 Å². The van der Waals surface area contributed by atoms with Crippen molar-refractivity contribution < 1.29 is 14.3 Å². The minimum atomic E-state index is 0.366. The van der Waals surface area contributed by atoms with E-state index in [1.807, 2.05) is 48.5 Å². The third-order valence-electron chi connectivity index (χ3n) is 2.78. The molecule has 0 bridgehead atoms. The molecule has 0 amide bonds. The first kappa shape index (κ1) is 13.9.